The minimum atomic E-state index is 0.640. The Balaban J connectivity index is 1.72. The van der Waals surface area contributed by atoms with Crippen LogP contribution in [0.5, 0.6) is 0 Å². The van der Waals surface area contributed by atoms with Crippen molar-refractivity contribution in [3.8, 4) is 0 Å². The number of benzene rings is 1. The van der Waals surface area contributed by atoms with Crippen LogP contribution in [0, 0.1) is 0 Å². The van der Waals surface area contributed by atoms with Crippen molar-refractivity contribution in [2.75, 3.05) is 11.9 Å². The number of pyridine rings is 1. The van der Waals surface area contributed by atoms with Crippen LogP contribution in [0.4, 0.5) is 5.69 Å². The minimum Gasteiger partial charge on any atom is -0.334 e. The van der Waals surface area contributed by atoms with Gasteiger partial charge >= 0.3 is 0 Å². The number of amidine groups is 1. The molecule has 0 saturated carbocycles. The summed E-state index contributed by atoms with van der Waals surface area (Å²) in [5.74, 6) is 0. The highest BCUT2D eigenvalue weighted by Gasteiger charge is 2.18. The first-order valence-corrected chi connectivity index (χ1v) is 7.56. The highest BCUT2D eigenvalue weighted by atomic mass is 32.2. The Hall–Kier alpha value is -1.55. The highest BCUT2D eigenvalue weighted by molar-refractivity contribution is 8.15. The zero-order valence-electron chi connectivity index (χ0n) is 11.0. The lowest BCUT2D eigenvalue weighted by Gasteiger charge is -2.08. The van der Waals surface area contributed by atoms with Crippen molar-refractivity contribution in [1.29, 1.82) is 0 Å². The van der Waals surface area contributed by atoms with E-state index in [9.17, 15) is 0 Å². The third kappa shape index (κ3) is 2.89. The third-order valence-electron chi connectivity index (χ3n) is 3.17. The average molecular weight is 271 g/mol. The maximum absolute atomic E-state index is 4.55. The molecular weight excluding hydrogens is 254 g/mol. The van der Waals surface area contributed by atoms with Crippen LogP contribution < -0.4 is 5.32 Å². The molecule has 2 aromatic rings. The van der Waals surface area contributed by atoms with Gasteiger partial charge in [0.1, 0.15) is 0 Å². The Bertz CT molecular complexity index is 609. The van der Waals surface area contributed by atoms with E-state index >= 15 is 0 Å². The SMILES string of the molecule is CCCC1CN=C(Nc2cnc3ccccc3c2)S1. The van der Waals surface area contributed by atoms with Crippen LogP contribution in [0.3, 0.4) is 0 Å². The fourth-order valence-electron chi connectivity index (χ4n) is 2.22. The van der Waals surface area contributed by atoms with E-state index in [1.807, 2.05) is 36.2 Å². The van der Waals surface area contributed by atoms with Gasteiger partial charge in [0.15, 0.2) is 5.17 Å². The molecule has 0 spiro atoms. The van der Waals surface area contributed by atoms with Crippen molar-refractivity contribution < 1.29 is 0 Å². The van der Waals surface area contributed by atoms with Gasteiger partial charge in [0.25, 0.3) is 0 Å². The first-order chi connectivity index (χ1) is 9.35. The summed E-state index contributed by atoms with van der Waals surface area (Å²) in [7, 11) is 0. The van der Waals surface area contributed by atoms with Crippen LogP contribution in [0.1, 0.15) is 19.8 Å². The Morgan fingerprint density at radius 3 is 3.16 bits per heavy atom. The highest BCUT2D eigenvalue weighted by Crippen LogP contribution is 2.26. The summed E-state index contributed by atoms with van der Waals surface area (Å²) in [6, 6.07) is 10.3. The van der Waals surface area contributed by atoms with Gasteiger partial charge in [0, 0.05) is 10.6 Å². The average Bonchev–Trinajstić information content (AvgIpc) is 2.86. The Labute approximate surface area is 117 Å². The number of hydrogen-bond donors (Lipinski definition) is 1. The summed E-state index contributed by atoms with van der Waals surface area (Å²) in [6.45, 7) is 3.15. The maximum atomic E-state index is 4.55. The van der Waals surface area contributed by atoms with Crippen LogP contribution in [0.25, 0.3) is 10.9 Å². The largest absolute Gasteiger partial charge is 0.334 e. The van der Waals surface area contributed by atoms with Crippen molar-refractivity contribution in [2.45, 2.75) is 25.0 Å². The number of nitrogens with one attached hydrogen (secondary N) is 1. The minimum absolute atomic E-state index is 0.640. The number of fused-ring (bicyclic) bond motifs is 1. The molecule has 0 saturated heterocycles. The quantitative estimate of drug-likeness (QED) is 0.919. The van der Waals surface area contributed by atoms with Gasteiger partial charge in [0.2, 0.25) is 0 Å². The van der Waals surface area contributed by atoms with Crippen molar-refractivity contribution >= 4 is 33.5 Å². The number of aliphatic imine (C=N–C) groups is 1. The van der Waals surface area contributed by atoms with E-state index in [0.29, 0.717) is 5.25 Å². The van der Waals surface area contributed by atoms with E-state index in [0.717, 1.165) is 28.3 Å². The molecule has 0 aliphatic carbocycles. The van der Waals surface area contributed by atoms with Crippen LogP contribution in [0.15, 0.2) is 41.5 Å². The number of hydrogen-bond acceptors (Lipinski definition) is 4. The standard InChI is InChI=1S/C15H17N3S/c1-2-5-13-10-17-15(19-13)18-12-8-11-6-3-4-7-14(11)16-9-12/h3-4,6-9,13H,2,5,10H2,1H3,(H,17,18). The molecule has 1 atom stereocenters. The molecule has 0 fully saturated rings. The second-order valence-corrected chi connectivity index (χ2v) is 6.01. The second-order valence-electron chi connectivity index (χ2n) is 4.72. The summed E-state index contributed by atoms with van der Waals surface area (Å²) >= 11 is 1.85. The molecule has 4 heteroatoms. The van der Waals surface area contributed by atoms with E-state index in [2.05, 4.69) is 34.3 Å². The zero-order valence-corrected chi connectivity index (χ0v) is 11.8. The zero-order chi connectivity index (χ0) is 13.1. The predicted octanol–water partition coefficient (Wildman–Crippen LogP) is 3.92. The monoisotopic (exact) mass is 271 g/mol. The smallest absolute Gasteiger partial charge is 0.161 e. The number of thioether (sulfide) groups is 1. The summed E-state index contributed by atoms with van der Waals surface area (Å²) in [5, 5.41) is 6.19. The first-order valence-electron chi connectivity index (χ1n) is 6.68. The van der Waals surface area contributed by atoms with E-state index in [1.54, 1.807) is 0 Å². The molecule has 0 amide bonds. The number of aromatic nitrogens is 1. The lowest BCUT2D eigenvalue weighted by Crippen LogP contribution is -2.07. The van der Waals surface area contributed by atoms with Gasteiger partial charge in [-0.3, -0.25) is 9.98 Å². The Morgan fingerprint density at radius 1 is 1.37 bits per heavy atom. The molecule has 1 unspecified atom stereocenters. The van der Waals surface area contributed by atoms with Crippen LogP contribution >= 0.6 is 11.8 Å². The second kappa shape index (κ2) is 5.61. The molecule has 3 nitrogen and oxygen atoms in total. The van der Waals surface area contributed by atoms with Gasteiger partial charge in [-0.05, 0) is 18.6 Å². The van der Waals surface area contributed by atoms with E-state index in [1.165, 1.54) is 12.8 Å². The number of para-hydroxylation sites is 1. The molecule has 0 radical (unpaired) electrons. The maximum Gasteiger partial charge on any atom is 0.161 e. The summed E-state index contributed by atoms with van der Waals surface area (Å²) in [6.07, 6.45) is 4.33. The Kier molecular flexibility index (Phi) is 3.69. The van der Waals surface area contributed by atoms with Crippen molar-refractivity contribution in [3.63, 3.8) is 0 Å². The van der Waals surface area contributed by atoms with Gasteiger partial charge < -0.3 is 5.32 Å². The molecule has 1 aliphatic rings. The lowest BCUT2D eigenvalue weighted by atomic mass is 10.2. The summed E-state index contributed by atoms with van der Waals surface area (Å²) in [4.78, 5) is 9.00. The van der Waals surface area contributed by atoms with Crippen molar-refractivity contribution in [1.82, 2.24) is 4.98 Å². The van der Waals surface area contributed by atoms with E-state index in [-0.39, 0.29) is 0 Å². The fourth-order valence-corrected chi connectivity index (χ4v) is 3.37. The number of rotatable bonds is 3. The normalized spacial score (nSPS) is 18.6. The summed E-state index contributed by atoms with van der Waals surface area (Å²) < 4.78 is 0. The van der Waals surface area contributed by atoms with E-state index < -0.39 is 0 Å². The molecule has 98 valence electrons. The van der Waals surface area contributed by atoms with Gasteiger partial charge in [-0.2, -0.15) is 0 Å². The van der Waals surface area contributed by atoms with Crippen LogP contribution in [-0.2, 0) is 0 Å². The molecule has 19 heavy (non-hydrogen) atoms. The van der Waals surface area contributed by atoms with Crippen molar-refractivity contribution in [2.24, 2.45) is 4.99 Å². The van der Waals surface area contributed by atoms with Crippen LogP contribution in [0.2, 0.25) is 0 Å². The topological polar surface area (TPSA) is 37.3 Å². The van der Waals surface area contributed by atoms with E-state index in [4.69, 9.17) is 0 Å². The molecule has 1 N–H and O–H groups in total. The van der Waals surface area contributed by atoms with Crippen LogP contribution in [-0.4, -0.2) is 21.9 Å². The number of nitrogens with zero attached hydrogens (tertiary/aromatic N) is 2. The molecule has 1 aromatic carbocycles. The molecular formula is C15H17N3S. The Morgan fingerprint density at radius 2 is 2.26 bits per heavy atom. The lowest BCUT2D eigenvalue weighted by molar-refractivity contribution is 0.754. The predicted molar refractivity (Wildman–Crippen MR) is 84.0 cm³/mol. The molecule has 1 aromatic heterocycles. The summed E-state index contributed by atoms with van der Waals surface area (Å²) in [5.41, 5.74) is 2.04. The van der Waals surface area contributed by atoms with Crippen molar-refractivity contribution in [3.05, 3.63) is 36.5 Å². The van der Waals surface area contributed by atoms with Gasteiger partial charge in [-0.15, -0.1) is 0 Å². The third-order valence-corrected chi connectivity index (χ3v) is 4.34. The van der Waals surface area contributed by atoms with Gasteiger partial charge in [-0.1, -0.05) is 43.3 Å². The van der Waals surface area contributed by atoms with Gasteiger partial charge in [-0.25, -0.2) is 0 Å². The number of anilines is 1. The fraction of sp³-hybridized carbons (Fsp3) is 0.333. The first kappa shape index (κ1) is 12.5. The molecule has 2 heterocycles. The molecule has 0 bridgehead atoms. The molecule has 3 rings (SSSR count). The van der Waals surface area contributed by atoms with Gasteiger partial charge in [0.05, 0.1) is 23.9 Å². The molecule has 1 aliphatic heterocycles.